The number of rotatable bonds is 3. The second kappa shape index (κ2) is 16.7. The molecule has 0 heterocycles. The van der Waals surface area contributed by atoms with Crippen molar-refractivity contribution in [2.75, 3.05) is 0 Å². The molecule has 0 atom stereocenters. The maximum atomic E-state index is 2.31. The maximum absolute atomic E-state index is 2.31. The Morgan fingerprint density at radius 2 is 0.884 bits per heavy atom. The molecule has 0 radical (unpaired) electrons. The van der Waals surface area contributed by atoms with Crippen molar-refractivity contribution < 1.29 is 48.1 Å². The van der Waals surface area contributed by atoms with Crippen molar-refractivity contribution in [1.29, 1.82) is 0 Å². The summed E-state index contributed by atoms with van der Waals surface area (Å²) in [7, 11) is 0. The van der Waals surface area contributed by atoms with Crippen molar-refractivity contribution in [1.82, 2.24) is 0 Å². The third-order valence-electron chi connectivity index (χ3n) is 6.92. The van der Waals surface area contributed by atoms with E-state index < -0.39 is 0 Å². The molecular weight excluding hydrogens is 659 g/mol. The van der Waals surface area contributed by atoms with E-state index >= 15 is 0 Å². The van der Waals surface area contributed by atoms with Crippen molar-refractivity contribution in [2.24, 2.45) is 0 Å². The molecular formula is C39H34Cl2SiZr-2. The third kappa shape index (κ3) is 9.01. The topological polar surface area (TPSA) is 0 Å². The minimum atomic E-state index is 0. The fourth-order valence-corrected chi connectivity index (χ4v) is 5.16. The molecule has 0 aliphatic carbocycles. The van der Waals surface area contributed by atoms with Crippen molar-refractivity contribution in [3.63, 3.8) is 0 Å². The molecule has 0 aromatic heterocycles. The van der Waals surface area contributed by atoms with Gasteiger partial charge in [-0.25, -0.2) is 0 Å². The van der Waals surface area contributed by atoms with Gasteiger partial charge in [-0.2, -0.15) is 6.07 Å². The molecule has 0 amide bonds. The van der Waals surface area contributed by atoms with E-state index in [1.807, 2.05) is 0 Å². The van der Waals surface area contributed by atoms with Gasteiger partial charge in [0.1, 0.15) is 0 Å². The molecule has 214 valence electrons. The Hall–Kier alpha value is -3.00. The summed E-state index contributed by atoms with van der Waals surface area (Å²) in [5.74, 6) is 0. The number of fused-ring (bicyclic) bond motifs is 2. The summed E-state index contributed by atoms with van der Waals surface area (Å²) >= 11 is 1.74. The van der Waals surface area contributed by atoms with Gasteiger partial charge in [0.15, 0.2) is 0 Å². The SMILES string of the molecule is C[Si](C)=[Zr+2].Cc1cc2c(-c3ccccc3)cccc2[cH-]1.[Cl-].[Cl-].c1ccc(-c2cc3c(-c4ccccc4)cccc3[cH-]2)cc1. The van der Waals surface area contributed by atoms with Crippen LogP contribution >= 0.6 is 0 Å². The predicted molar refractivity (Wildman–Crippen MR) is 178 cm³/mol. The fourth-order valence-electron chi connectivity index (χ4n) is 5.16. The average Bonchev–Trinajstić information content (AvgIpc) is 3.61. The second-order valence-corrected chi connectivity index (χ2v) is 19.9. The van der Waals surface area contributed by atoms with E-state index in [1.54, 1.807) is 23.3 Å². The van der Waals surface area contributed by atoms with Crippen LogP contribution in [0.1, 0.15) is 5.56 Å². The van der Waals surface area contributed by atoms with E-state index in [1.165, 1.54) is 60.5 Å². The van der Waals surface area contributed by atoms with Crippen LogP contribution in [0.15, 0.2) is 152 Å². The molecule has 0 aliphatic rings. The minimum absolute atomic E-state index is 0. The fraction of sp³-hybridized carbons (Fsp3) is 0.0769. The van der Waals surface area contributed by atoms with Gasteiger partial charge in [0.2, 0.25) is 0 Å². The first-order valence-electron chi connectivity index (χ1n) is 14.0. The van der Waals surface area contributed by atoms with Gasteiger partial charge in [-0.15, -0.1) is 69.1 Å². The zero-order chi connectivity index (χ0) is 28.6. The molecule has 0 saturated carbocycles. The molecule has 0 nitrogen and oxygen atoms in total. The van der Waals surface area contributed by atoms with E-state index in [0.717, 1.165) is 0 Å². The van der Waals surface area contributed by atoms with Gasteiger partial charge in [-0.05, 0) is 11.1 Å². The maximum Gasteiger partial charge on any atom is -0.0259 e. The molecule has 43 heavy (non-hydrogen) atoms. The largest absolute Gasteiger partial charge is 1.00 e. The van der Waals surface area contributed by atoms with Crippen LogP contribution in [-0.2, 0) is 23.3 Å². The normalized spacial score (nSPS) is 9.98. The standard InChI is InChI=1S/C21H15.C16H13.C2H6Si.2ClH.Zr/c1-3-8-16(9-4-1)19-14-18-12-7-13-20(21(18)15-19)17-10-5-2-6-11-17;1-12-10-14-8-5-9-15(16(14)11-12)13-6-3-2-4-7-13;1-3-2;;;/h1-15H;2-11H,1H3;1-2H3;2*1H;/q2*-1;;;;+2/p-2. The number of hydrogen-bond donors (Lipinski definition) is 0. The quantitative estimate of drug-likeness (QED) is 0.176. The number of hydrogen-bond acceptors (Lipinski definition) is 0. The first-order chi connectivity index (χ1) is 20.0. The molecule has 0 saturated heterocycles. The zero-order valence-electron chi connectivity index (χ0n) is 24.7. The first-order valence-corrected chi connectivity index (χ1v) is 20.2. The van der Waals surface area contributed by atoms with Crippen molar-refractivity contribution in [3.8, 4) is 33.4 Å². The summed E-state index contributed by atoms with van der Waals surface area (Å²) in [6, 6.07) is 53.8. The minimum Gasteiger partial charge on any atom is -1.00 e. The first kappa shape index (κ1) is 34.5. The average molecular weight is 693 g/mol. The van der Waals surface area contributed by atoms with Gasteiger partial charge in [0.25, 0.3) is 0 Å². The van der Waals surface area contributed by atoms with Crippen LogP contribution in [0.5, 0.6) is 0 Å². The molecule has 0 unspecified atom stereocenters. The van der Waals surface area contributed by atoms with Crippen LogP contribution in [0, 0.1) is 6.92 Å². The molecule has 7 aromatic carbocycles. The summed E-state index contributed by atoms with van der Waals surface area (Å²) in [6.07, 6.45) is 0. The second-order valence-electron chi connectivity index (χ2n) is 10.5. The Labute approximate surface area is 283 Å². The van der Waals surface area contributed by atoms with Crippen LogP contribution in [0.4, 0.5) is 0 Å². The summed E-state index contributed by atoms with van der Waals surface area (Å²) in [4.78, 5) is 0. The van der Waals surface area contributed by atoms with Gasteiger partial charge in [0, 0.05) is 0 Å². The number of halogens is 2. The van der Waals surface area contributed by atoms with Crippen LogP contribution < -0.4 is 24.8 Å². The summed E-state index contributed by atoms with van der Waals surface area (Å²) in [5, 5.41) is 5.31. The Morgan fingerprint density at radius 1 is 0.488 bits per heavy atom. The van der Waals surface area contributed by atoms with Crippen LogP contribution in [0.2, 0.25) is 13.1 Å². The van der Waals surface area contributed by atoms with Gasteiger partial charge >= 0.3 is 41.9 Å². The molecule has 4 heteroatoms. The van der Waals surface area contributed by atoms with Crippen LogP contribution in [0.3, 0.4) is 0 Å². The Balaban J connectivity index is 0.000000206. The van der Waals surface area contributed by atoms with Crippen molar-refractivity contribution in [2.45, 2.75) is 20.0 Å². The van der Waals surface area contributed by atoms with E-state index in [2.05, 4.69) is 172 Å². The van der Waals surface area contributed by atoms with Gasteiger partial charge in [-0.3, -0.25) is 0 Å². The molecule has 0 spiro atoms. The molecule has 0 bridgehead atoms. The molecule has 0 N–H and O–H groups in total. The molecule has 7 rings (SSSR count). The summed E-state index contributed by atoms with van der Waals surface area (Å²) in [6.45, 7) is 6.76. The predicted octanol–water partition coefficient (Wildman–Crippen LogP) is 5.22. The summed E-state index contributed by atoms with van der Waals surface area (Å²) in [5.41, 5.74) is 9.29. The smallest absolute Gasteiger partial charge is 0.0259 e. The Morgan fingerprint density at radius 3 is 1.35 bits per heavy atom. The van der Waals surface area contributed by atoms with E-state index in [0.29, 0.717) is 0 Å². The zero-order valence-corrected chi connectivity index (χ0v) is 29.7. The third-order valence-corrected chi connectivity index (χ3v) is 6.92. The number of aryl methyl sites for hydroxylation is 1. The van der Waals surface area contributed by atoms with Gasteiger partial charge in [0.05, 0.1) is 0 Å². The van der Waals surface area contributed by atoms with Gasteiger partial charge in [-0.1, -0.05) is 133 Å². The van der Waals surface area contributed by atoms with Crippen LogP contribution in [0.25, 0.3) is 54.9 Å². The van der Waals surface area contributed by atoms with Crippen LogP contribution in [-0.4, -0.2) is 5.43 Å². The molecule has 0 aliphatic heterocycles. The van der Waals surface area contributed by atoms with E-state index in [4.69, 9.17) is 0 Å². The van der Waals surface area contributed by atoms with E-state index in [-0.39, 0.29) is 30.2 Å². The Bertz CT molecular complexity index is 1870. The summed E-state index contributed by atoms with van der Waals surface area (Å²) < 4.78 is 0. The Kier molecular flexibility index (Phi) is 13.4. The van der Waals surface area contributed by atoms with Crippen molar-refractivity contribution in [3.05, 3.63) is 157 Å². The number of benzene rings is 5. The molecule has 7 aromatic rings. The van der Waals surface area contributed by atoms with Crippen molar-refractivity contribution >= 4 is 27.0 Å². The monoisotopic (exact) mass is 690 g/mol. The van der Waals surface area contributed by atoms with Gasteiger partial charge < -0.3 is 24.8 Å². The van der Waals surface area contributed by atoms with E-state index in [9.17, 15) is 0 Å². The molecule has 0 fully saturated rings.